The van der Waals surface area contributed by atoms with Crippen molar-refractivity contribution in [1.82, 2.24) is 4.98 Å². The maximum absolute atomic E-state index is 4.96. The molecule has 6 aromatic rings. The van der Waals surface area contributed by atoms with E-state index in [9.17, 15) is 0 Å². The Hall–Kier alpha value is -2.27. The lowest BCUT2D eigenvalue weighted by atomic mass is 9.85. The highest BCUT2D eigenvalue weighted by molar-refractivity contribution is 7.28. The maximum Gasteiger partial charge on any atom is 0.0880 e. The first kappa shape index (κ1) is 22.2. The second kappa shape index (κ2) is 7.87. The number of aromatic nitrogens is 1. The van der Waals surface area contributed by atoms with Crippen molar-refractivity contribution in [2.75, 3.05) is 0 Å². The van der Waals surface area contributed by atoms with E-state index in [1.165, 1.54) is 61.9 Å². The Morgan fingerprint density at radius 1 is 0.912 bits per heavy atom. The lowest BCUT2D eigenvalue weighted by Gasteiger charge is -2.21. The van der Waals surface area contributed by atoms with Crippen LogP contribution in [0, 0.1) is 12.8 Å². The van der Waals surface area contributed by atoms with E-state index in [0.29, 0.717) is 5.92 Å². The summed E-state index contributed by atoms with van der Waals surface area (Å²) >= 11 is 5.73. The van der Waals surface area contributed by atoms with Gasteiger partial charge in [-0.25, -0.2) is 0 Å². The summed E-state index contributed by atoms with van der Waals surface area (Å²) in [5.41, 5.74) is 5.37. The highest BCUT2D eigenvalue weighted by atomic mass is 32.1. The van der Waals surface area contributed by atoms with Gasteiger partial charge in [0.15, 0.2) is 0 Å². The molecular formula is C30H29NS3. The highest BCUT2D eigenvalue weighted by Gasteiger charge is 2.22. The third kappa shape index (κ3) is 3.42. The number of rotatable bonds is 3. The summed E-state index contributed by atoms with van der Waals surface area (Å²) in [7, 11) is 0. The predicted molar refractivity (Wildman–Crippen MR) is 155 cm³/mol. The van der Waals surface area contributed by atoms with Gasteiger partial charge in [0.25, 0.3) is 0 Å². The van der Waals surface area contributed by atoms with Crippen molar-refractivity contribution in [2.24, 2.45) is 5.92 Å². The van der Waals surface area contributed by atoms with Gasteiger partial charge in [0.2, 0.25) is 0 Å². The molecule has 0 atom stereocenters. The highest BCUT2D eigenvalue weighted by Crippen LogP contribution is 2.46. The van der Waals surface area contributed by atoms with Crippen LogP contribution in [0.5, 0.6) is 0 Å². The number of pyridine rings is 1. The van der Waals surface area contributed by atoms with Crippen LogP contribution in [0.15, 0.2) is 48.0 Å². The number of aryl methyl sites for hydroxylation is 1. The summed E-state index contributed by atoms with van der Waals surface area (Å²) in [6.45, 7) is 13.9. The van der Waals surface area contributed by atoms with Crippen molar-refractivity contribution in [3.8, 4) is 11.3 Å². The zero-order chi connectivity index (χ0) is 23.8. The molecule has 4 heterocycles. The average Bonchev–Trinajstić information content (AvgIpc) is 3.47. The molecular weight excluding hydrogens is 471 g/mol. The fourth-order valence-corrected chi connectivity index (χ4v) is 8.81. The normalized spacial score (nSPS) is 12.8. The van der Waals surface area contributed by atoms with E-state index in [0.717, 1.165) is 12.1 Å². The van der Waals surface area contributed by atoms with Crippen LogP contribution >= 0.6 is 34.0 Å². The monoisotopic (exact) mass is 499 g/mol. The van der Waals surface area contributed by atoms with Crippen molar-refractivity contribution in [2.45, 2.75) is 53.4 Å². The minimum absolute atomic E-state index is 0.0826. The van der Waals surface area contributed by atoms with Gasteiger partial charge in [-0.1, -0.05) is 40.7 Å². The Kier molecular flexibility index (Phi) is 5.14. The first-order valence-electron chi connectivity index (χ1n) is 12.0. The molecule has 4 heteroatoms. The number of hydrogen-bond acceptors (Lipinski definition) is 4. The zero-order valence-corrected chi connectivity index (χ0v) is 23.0. The SMILES string of the molecule is Cc1sc2ccc3c4ccnc(-c5cc(C(C)(C)C)c6sccc6c5)c4sc3c2c1CC(C)C. The first-order chi connectivity index (χ1) is 16.2. The minimum Gasteiger partial charge on any atom is -0.255 e. The molecule has 6 rings (SSSR count). The first-order valence-corrected chi connectivity index (χ1v) is 14.5. The van der Waals surface area contributed by atoms with E-state index in [2.05, 4.69) is 83.3 Å². The Morgan fingerprint density at radius 3 is 2.47 bits per heavy atom. The smallest absolute Gasteiger partial charge is 0.0880 e. The van der Waals surface area contributed by atoms with Crippen molar-refractivity contribution in [1.29, 1.82) is 0 Å². The number of benzene rings is 2. The van der Waals surface area contributed by atoms with Crippen LogP contribution in [0.4, 0.5) is 0 Å². The van der Waals surface area contributed by atoms with Gasteiger partial charge < -0.3 is 0 Å². The second-order valence-electron chi connectivity index (χ2n) is 10.8. The molecule has 0 aliphatic heterocycles. The van der Waals surface area contributed by atoms with Crippen LogP contribution < -0.4 is 0 Å². The van der Waals surface area contributed by atoms with E-state index in [4.69, 9.17) is 4.98 Å². The summed E-state index contributed by atoms with van der Waals surface area (Å²) in [6, 6.07) is 13.8. The zero-order valence-electron chi connectivity index (χ0n) is 20.6. The topological polar surface area (TPSA) is 12.9 Å². The van der Waals surface area contributed by atoms with E-state index in [1.807, 2.05) is 40.2 Å². The van der Waals surface area contributed by atoms with Crippen LogP contribution in [-0.4, -0.2) is 4.98 Å². The molecule has 34 heavy (non-hydrogen) atoms. The van der Waals surface area contributed by atoms with Crippen LogP contribution in [0.3, 0.4) is 0 Å². The quantitative estimate of drug-likeness (QED) is 0.236. The van der Waals surface area contributed by atoms with Gasteiger partial charge in [0.1, 0.15) is 0 Å². The van der Waals surface area contributed by atoms with Crippen molar-refractivity contribution < 1.29 is 0 Å². The van der Waals surface area contributed by atoms with Crippen LogP contribution in [0.1, 0.15) is 50.6 Å². The second-order valence-corrected chi connectivity index (χ2v) is 14.0. The molecule has 0 N–H and O–H groups in total. The molecule has 1 nitrogen and oxygen atoms in total. The van der Waals surface area contributed by atoms with Gasteiger partial charge in [0, 0.05) is 46.9 Å². The molecule has 0 unspecified atom stereocenters. The summed E-state index contributed by atoms with van der Waals surface area (Å²) < 4.78 is 5.54. The third-order valence-electron chi connectivity index (χ3n) is 6.75. The largest absolute Gasteiger partial charge is 0.255 e. The van der Waals surface area contributed by atoms with Gasteiger partial charge in [-0.2, -0.15) is 0 Å². The summed E-state index contributed by atoms with van der Waals surface area (Å²) in [4.78, 5) is 6.42. The van der Waals surface area contributed by atoms with Crippen LogP contribution in [-0.2, 0) is 11.8 Å². The average molecular weight is 500 g/mol. The number of hydrogen-bond donors (Lipinski definition) is 0. The Balaban J connectivity index is 1.67. The Bertz CT molecular complexity index is 1700. The predicted octanol–water partition coefficient (Wildman–Crippen LogP) is 10.4. The fourth-order valence-electron chi connectivity index (χ4n) is 5.16. The number of thiophene rings is 3. The molecule has 0 fully saturated rings. The molecule has 0 aliphatic carbocycles. The molecule has 0 bridgehead atoms. The number of fused-ring (bicyclic) bond motifs is 6. The molecule has 0 radical (unpaired) electrons. The molecule has 2 aromatic carbocycles. The van der Waals surface area contributed by atoms with E-state index in [1.54, 1.807) is 0 Å². The van der Waals surface area contributed by atoms with Crippen molar-refractivity contribution in [3.63, 3.8) is 0 Å². The maximum atomic E-state index is 4.96. The molecule has 172 valence electrons. The molecule has 0 saturated heterocycles. The minimum atomic E-state index is 0.0826. The van der Waals surface area contributed by atoms with E-state index >= 15 is 0 Å². The summed E-state index contributed by atoms with van der Waals surface area (Å²) in [6.07, 6.45) is 3.13. The third-order valence-corrected chi connectivity index (χ3v) is 10.1. The molecule has 0 amide bonds. The van der Waals surface area contributed by atoms with E-state index < -0.39 is 0 Å². The fraction of sp³-hybridized carbons (Fsp3) is 0.300. The molecule has 0 aliphatic rings. The summed E-state index contributed by atoms with van der Waals surface area (Å²) in [5, 5.41) is 7.70. The Morgan fingerprint density at radius 2 is 1.71 bits per heavy atom. The molecule has 0 saturated carbocycles. The molecule has 4 aromatic heterocycles. The van der Waals surface area contributed by atoms with Gasteiger partial charge >= 0.3 is 0 Å². The van der Waals surface area contributed by atoms with Gasteiger partial charge in [-0.15, -0.1) is 34.0 Å². The van der Waals surface area contributed by atoms with Gasteiger partial charge in [-0.3, -0.25) is 4.98 Å². The summed E-state index contributed by atoms with van der Waals surface area (Å²) in [5.74, 6) is 0.645. The van der Waals surface area contributed by atoms with Crippen LogP contribution in [0.2, 0.25) is 0 Å². The lowest BCUT2D eigenvalue weighted by molar-refractivity contribution is 0.597. The van der Waals surface area contributed by atoms with Crippen LogP contribution in [0.25, 0.3) is 51.6 Å². The van der Waals surface area contributed by atoms with Gasteiger partial charge in [0.05, 0.1) is 10.4 Å². The van der Waals surface area contributed by atoms with Crippen molar-refractivity contribution in [3.05, 3.63) is 64.0 Å². The Labute approximate surface area is 213 Å². The van der Waals surface area contributed by atoms with E-state index in [-0.39, 0.29) is 5.41 Å². The lowest BCUT2D eigenvalue weighted by Crippen LogP contribution is -2.11. The van der Waals surface area contributed by atoms with Crippen molar-refractivity contribution >= 4 is 74.4 Å². The standard InChI is InChI=1S/C30H29NS3/c1-16(2)13-22-17(3)33-24-8-7-20-21-9-11-31-26(29(21)34-28(20)25(22)24)19-14-18-10-12-32-27(18)23(15-19)30(4,5)6/h7-12,14-16H,13H2,1-6H3. The number of nitrogens with zero attached hydrogens (tertiary/aromatic N) is 1. The van der Waals surface area contributed by atoms with Gasteiger partial charge in [-0.05, 0) is 76.9 Å². The molecule has 0 spiro atoms.